The van der Waals surface area contributed by atoms with Gasteiger partial charge in [-0.25, -0.2) is 14.4 Å². The van der Waals surface area contributed by atoms with Crippen molar-refractivity contribution in [2.24, 2.45) is 11.7 Å². The fourth-order valence-electron chi connectivity index (χ4n) is 2.77. The van der Waals surface area contributed by atoms with Crippen LogP contribution in [0.25, 0.3) is 10.9 Å². The van der Waals surface area contributed by atoms with Gasteiger partial charge in [0.15, 0.2) is 5.75 Å². The summed E-state index contributed by atoms with van der Waals surface area (Å²) in [7, 11) is 0. The van der Waals surface area contributed by atoms with Crippen LogP contribution in [0.3, 0.4) is 0 Å². The molecule has 0 saturated carbocycles. The molecule has 12 heteroatoms. The summed E-state index contributed by atoms with van der Waals surface area (Å²) in [4.78, 5) is 31.0. The fraction of sp³-hybridized carbons (Fsp3) is 0.250. The topological polar surface area (TPSA) is 145 Å². The number of nitrogens with two attached hydrogens (primary N) is 1. The number of hydrogen-bond acceptors (Lipinski definition) is 8. The van der Waals surface area contributed by atoms with Gasteiger partial charge in [0.25, 0.3) is 0 Å². The van der Waals surface area contributed by atoms with E-state index >= 15 is 0 Å². The number of rotatable bonds is 9. The monoisotopic (exact) mass is 506 g/mol. The second-order valence-corrected chi connectivity index (χ2v) is 7.76. The number of nitro benzene ring substituents is 1. The summed E-state index contributed by atoms with van der Waals surface area (Å²) in [5.41, 5.74) is 5.64. The summed E-state index contributed by atoms with van der Waals surface area (Å²) in [5, 5.41) is 17.4. The largest absolute Gasteiger partial charge is 0.485 e. The van der Waals surface area contributed by atoms with Gasteiger partial charge in [-0.1, -0.05) is 22.9 Å². The summed E-state index contributed by atoms with van der Waals surface area (Å²) in [6.45, 7) is 2.06. The zero-order valence-corrected chi connectivity index (χ0v) is 18.6. The van der Waals surface area contributed by atoms with Gasteiger partial charge in [0.1, 0.15) is 24.6 Å². The van der Waals surface area contributed by atoms with Crippen molar-refractivity contribution in [2.45, 2.75) is 6.92 Å². The highest BCUT2D eigenvalue weighted by atomic mass is 79.9. The van der Waals surface area contributed by atoms with Gasteiger partial charge in [-0.05, 0) is 18.2 Å². The number of benzene rings is 2. The number of ether oxygens (including phenoxy) is 1. The normalized spacial score (nSPS) is 11.8. The second-order valence-electron chi connectivity index (χ2n) is 6.84. The van der Waals surface area contributed by atoms with Crippen LogP contribution in [0, 0.1) is 21.8 Å². The number of hydrogen-bond donors (Lipinski definition) is 3. The minimum absolute atomic E-state index is 0.00960. The summed E-state index contributed by atoms with van der Waals surface area (Å²) >= 11 is 3.19. The van der Waals surface area contributed by atoms with E-state index in [1.165, 1.54) is 30.6 Å². The van der Waals surface area contributed by atoms with E-state index in [1.807, 2.05) is 0 Å². The van der Waals surface area contributed by atoms with Crippen LogP contribution in [0.1, 0.15) is 6.92 Å². The van der Waals surface area contributed by atoms with Crippen molar-refractivity contribution in [2.75, 3.05) is 25.0 Å². The van der Waals surface area contributed by atoms with E-state index in [4.69, 9.17) is 10.5 Å². The van der Waals surface area contributed by atoms with E-state index in [9.17, 15) is 19.3 Å². The molecule has 4 N–H and O–H groups in total. The minimum atomic E-state index is -0.596. The number of nitrogens with zero attached hydrogens (tertiary/aromatic N) is 3. The fourth-order valence-corrected chi connectivity index (χ4v) is 3.10. The first-order chi connectivity index (χ1) is 15.3. The van der Waals surface area contributed by atoms with Gasteiger partial charge in [-0.2, -0.15) is 0 Å². The Labute approximate surface area is 190 Å². The number of anilines is 2. The molecule has 1 heterocycles. The molecule has 168 valence electrons. The SMILES string of the molecule is CC(CN)C(=O)NCCOc1cc2ncnc(Nc3ccc(Br)cc3F)c2cc1[N+](=O)[O-]. The van der Waals surface area contributed by atoms with E-state index < -0.39 is 10.7 Å². The van der Waals surface area contributed by atoms with Crippen molar-refractivity contribution in [1.82, 2.24) is 15.3 Å². The summed E-state index contributed by atoms with van der Waals surface area (Å²) in [5.74, 6) is -0.903. The molecule has 0 aliphatic heterocycles. The van der Waals surface area contributed by atoms with Crippen LogP contribution in [-0.2, 0) is 4.79 Å². The van der Waals surface area contributed by atoms with Crippen LogP contribution in [0.2, 0.25) is 0 Å². The minimum Gasteiger partial charge on any atom is -0.485 e. The molecule has 0 radical (unpaired) electrons. The van der Waals surface area contributed by atoms with Gasteiger partial charge < -0.3 is 21.1 Å². The molecule has 1 aromatic heterocycles. The average Bonchev–Trinajstić information content (AvgIpc) is 2.77. The third-order valence-corrected chi connectivity index (χ3v) is 5.05. The second kappa shape index (κ2) is 10.3. The van der Waals surface area contributed by atoms with Gasteiger partial charge in [0.2, 0.25) is 5.91 Å². The van der Waals surface area contributed by atoms with Crippen molar-refractivity contribution in [3.05, 3.63) is 57.1 Å². The van der Waals surface area contributed by atoms with Gasteiger partial charge in [-0.15, -0.1) is 0 Å². The highest BCUT2D eigenvalue weighted by Gasteiger charge is 2.20. The molecule has 0 saturated heterocycles. The maximum atomic E-state index is 14.2. The Kier molecular flexibility index (Phi) is 7.49. The van der Waals surface area contributed by atoms with Crippen LogP contribution in [-0.4, -0.2) is 40.5 Å². The molecule has 3 aromatic rings. The van der Waals surface area contributed by atoms with E-state index in [2.05, 4.69) is 36.5 Å². The maximum Gasteiger partial charge on any atom is 0.311 e. The maximum absolute atomic E-state index is 14.2. The number of fused-ring (bicyclic) bond motifs is 1. The van der Waals surface area contributed by atoms with Crippen molar-refractivity contribution in [3.63, 3.8) is 0 Å². The van der Waals surface area contributed by atoms with Crippen molar-refractivity contribution in [1.29, 1.82) is 0 Å². The van der Waals surface area contributed by atoms with Crippen LogP contribution >= 0.6 is 15.9 Å². The van der Waals surface area contributed by atoms with Gasteiger partial charge in [-0.3, -0.25) is 14.9 Å². The Morgan fingerprint density at radius 2 is 2.12 bits per heavy atom. The number of aromatic nitrogens is 2. The van der Waals surface area contributed by atoms with E-state index in [1.54, 1.807) is 13.0 Å². The van der Waals surface area contributed by atoms with E-state index in [0.717, 1.165) is 0 Å². The quantitative estimate of drug-likeness (QED) is 0.227. The molecule has 1 amide bonds. The van der Waals surface area contributed by atoms with Crippen molar-refractivity contribution < 1.29 is 18.8 Å². The molecule has 2 aromatic carbocycles. The first kappa shape index (κ1) is 23.3. The number of nitro groups is 1. The first-order valence-electron chi connectivity index (χ1n) is 9.56. The van der Waals surface area contributed by atoms with Gasteiger partial charge in [0, 0.05) is 29.1 Å². The molecule has 1 unspecified atom stereocenters. The van der Waals surface area contributed by atoms with Gasteiger partial charge >= 0.3 is 5.69 Å². The number of nitrogens with one attached hydrogen (secondary N) is 2. The lowest BCUT2D eigenvalue weighted by atomic mass is 10.2. The van der Waals surface area contributed by atoms with Gasteiger partial charge in [0.05, 0.1) is 28.1 Å². The van der Waals surface area contributed by atoms with Crippen LogP contribution in [0.4, 0.5) is 21.6 Å². The molecule has 0 aliphatic rings. The smallest absolute Gasteiger partial charge is 0.311 e. The van der Waals surface area contributed by atoms with E-state index in [0.29, 0.717) is 15.4 Å². The predicted octanol–water partition coefficient (Wildman–Crippen LogP) is 3.27. The summed E-state index contributed by atoms with van der Waals surface area (Å²) < 4.78 is 20.3. The highest BCUT2D eigenvalue weighted by Crippen LogP contribution is 2.35. The Morgan fingerprint density at radius 1 is 1.34 bits per heavy atom. The number of amides is 1. The predicted molar refractivity (Wildman–Crippen MR) is 120 cm³/mol. The third-order valence-electron chi connectivity index (χ3n) is 4.56. The number of halogens is 2. The number of carbonyl (C=O) groups is 1. The molecule has 1 atom stereocenters. The van der Waals surface area contributed by atoms with Crippen molar-refractivity contribution in [3.8, 4) is 5.75 Å². The Balaban J connectivity index is 1.84. The lowest BCUT2D eigenvalue weighted by Crippen LogP contribution is -2.35. The molecule has 0 aliphatic carbocycles. The average molecular weight is 507 g/mol. The zero-order chi connectivity index (χ0) is 23.3. The third kappa shape index (κ3) is 5.45. The summed E-state index contributed by atoms with van der Waals surface area (Å²) in [6.07, 6.45) is 1.26. The highest BCUT2D eigenvalue weighted by molar-refractivity contribution is 9.10. The number of carbonyl (C=O) groups excluding carboxylic acids is 1. The lowest BCUT2D eigenvalue weighted by molar-refractivity contribution is -0.385. The van der Waals surface area contributed by atoms with Crippen LogP contribution < -0.4 is 21.1 Å². The molecule has 0 spiro atoms. The molecule has 10 nitrogen and oxygen atoms in total. The zero-order valence-electron chi connectivity index (χ0n) is 17.0. The molecule has 0 bridgehead atoms. The van der Waals surface area contributed by atoms with Crippen molar-refractivity contribution >= 4 is 49.9 Å². The standard InChI is InChI=1S/C20H20BrFN6O4/c1-11(9-23)20(29)24-4-5-32-18-8-16-13(7-17(18)28(30)31)19(26-10-25-16)27-15-3-2-12(21)6-14(15)22/h2-3,6-8,10-11H,4-5,9,23H2,1H3,(H,24,29)(H,25,26,27). The Hall–Kier alpha value is -3.38. The molecule has 32 heavy (non-hydrogen) atoms. The summed E-state index contributed by atoms with van der Waals surface area (Å²) in [6, 6.07) is 7.11. The first-order valence-corrected chi connectivity index (χ1v) is 10.3. The molecule has 0 fully saturated rings. The lowest BCUT2D eigenvalue weighted by Gasteiger charge is -2.12. The van der Waals surface area contributed by atoms with Crippen LogP contribution in [0.5, 0.6) is 5.75 Å². The van der Waals surface area contributed by atoms with E-state index in [-0.39, 0.29) is 54.5 Å². The molecular weight excluding hydrogens is 487 g/mol. The molecular formula is C20H20BrFN6O4. The Morgan fingerprint density at radius 3 is 2.81 bits per heavy atom. The van der Waals surface area contributed by atoms with Crippen LogP contribution in [0.15, 0.2) is 41.1 Å². The molecule has 3 rings (SSSR count). The Bertz CT molecular complexity index is 1160.